The van der Waals surface area contributed by atoms with Gasteiger partial charge in [0.15, 0.2) is 0 Å². The average molecular weight is 441 g/mol. The molecule has 2 amide bonds. The van der Waals surface area contributed by atoms with Gasteiger partial charge in [0.1, 0.15) is 22.6 Å². The van der Waals surface area contributed by atoms with Crippen LogP contribution in [0, 0.1) is 18.3 Å². The zero-order chi connectivity index (χ0) is 22.7. The molecule has 3 rings (SSSR count). The van der Waals surface area contributed by atoms with Crippen molar-refractivity contribution in [3.05, 3.63) is 50.9 Å². The molecule has 10 heteroatoms. The third kappa shape index (κ3) is 4.27. The SMILES string of the molecule is CCOC(=O)c1sc(N)c(C#N)c1COC(=O)CCN1C(=O)c2ccc(C)cc2C1=O. The molecule has 160 valence electrons. The van der Waals surface area contributed by atoms with E-state index in [0.717, 1.165) is 21.8 Å². The van der Waals surface area contributed by atoms with Crippen LogP contribution in [-0.4, -0.2) is 41.8 Å². The molecule has 2 aromatic rings. The minimum atomic E-state index is -0.698. The van der Waals surface area contributed by atoms with E-state index < -0.39 is 23.8 Å². The van der Waals surface area contributed by atoms with Crippen molar-refractivity contribution in [3.63, 3.8) is 0 Å². The number of amides is 2. The predicted octanol–water partition coefficient (Wildman–Crippen LogP) is 2.42. The number of aryl methyl sites for hydroxylation is 1. The van der Waals surface area contributed by atoms with E-state index in [1.165, 1.54) is 0 Å². The number of hydrogen-bond acceptors (Lipinski definition) is 9. The summed E-state index contributed by atoms with van der Waals surface area (Å²) >= 11 is 0.886. The normalized spacial score (nSPS) is 12.5. The van der Waals surface area contributed by atoms with E-state index >= 15 is 0 Å². The number of nitrogens with two attached hydrogens (primary N) is 1. The Morgan fingerprint density at radius 3 is 2.58 bits per heavy atom. The number of rotatable bonds is 7. The number of ether oxygens (including phenoxy) is 2. The fraction of sp³-hybridized carbons (Fsp3) is 0.286. The Morgan fingerprint density at radius 2 is 1.90 bits per heavy atom. The quantitative estimate of drug-likeness (QED) is 0.510. The number of anilines is 1. The van der Waals surface area contributed by atoms with Crippen LogP contribution < -0.4 is 5.73 Å². The van der Waals surface area contributed by atoms with Gasteiger partial charge in [0.05, 0.1) is 29.7 Å². The van der Waals surface area contributed by atoms with Gasteiger partial charge in [0, 0.05) is 12.1 Å². The van der Waals surface area contributed by atoms with Crippen molar-refractivity contribution in [3.8, 4) is 6.07 Å². The van der Waals surface area contributed by atoms with Gasteiger partial charge in [0.2, 0.25) is 0 Å². The topological polar surface area (TPSA) is 140 Å². The van der Waals surface area contributed by atoms with E-state index in [4.69, 9.17) is 15.2 Å². The summed E-state index contributed by atoms with van der Waals surface area (Å²) in [5.74, 6) is -2.28. The van der Waals surface area contributed by atoms with Crippen molar-refractivity contribution in [1.29, 1.82) is 5.26 Å². The average Bonchev–Trinajstić information content (AvgIpc) is 3.18. The van der Waals surface area contributed by atoms with Crippen LogP contribution in [0.1, 0.15) is 60.4 Å². The summed E-state index contributed by atoms with van der Waals surface area (Å²) in [7, 11) is 0. The van der Waals surface area contributed by atoms with Crippen molar-refractivity contribution in [1.82, 2.24) is 4.90 Å². The molecule has 9 nitrogen and oxygen atoms in total. The van der Waals surface area contributed by atoms with Crippen molar-refractivity contribution < 1.29 is 28.7 Å². The van der Waals surface area contributed by atoms with Crippen LogP contribution in [0.5, 0.6) is 0 Å². The Morgan fingerprint density at radius 1 is 1.19 bits per heavy atom. The highest BCUT2D eigenvalue weighted by Crippen LogP contribution is 2.32. The minimum absolute atomic E-state index is 0.0524. The second-order valence-corrected chi connectivity index (χ2v) is 7.76. The Hall–Kier alpha value is -3.71. The zero-order valence-corrected chi connectivity index (χ0v) is 17.7. The number of nitrogen functional groups attached to an aromatic ring is 1. The summed E-state index contributed by atoms with van der Waals surface area (Å²) in [5.41, 5.74) is 7.47. The third-order valence-electron chi connectivity index (χ3n) is 4.65. The second kappa shape index (κ2) is 8.97. The van der Waals surface area contributed by atoms with Gasteiger partial charge in [0.25, 0.3) is 11.8 Å². The highest BCUT2D eigenvalue weighted by Gasteiger charge is 2.35. The monoisotopic (exact) mass is 441 g/mol. The van der Waals surface area contributed by atoms with Crippen molar-refractivity contribution in [2.24, 2.45) is 0 Å². The maximum Gasteiger partial charge on any atom is 0.348 e. The fourth-order valence-electron chi connectivity index (χ4n) is 3.14. The first kappa shape index (κ1) is 22.0. The lowest BCUT2D eigenvalue weighted by molar-refractivity contribution is -0.145. The number of nitrogens with zero attached hydrogens (tertiary/aromatic N) is 2. The van der Waals surface area contributed by atoms with Gasteiger partial charge in [-0.2, -0.15) is 5.26 Å². The standard InChI is InChI=1S/C21H19N3O6S/c1-3-29-21(28)17-15(14(9-22)18(23)31-17)10-30-16(25)6-7-24-19(26)12-5-4-11(2)8-13(12)20(24)27/h4-5,8H,3,6-7,10,23H2,1-2H3. The Kier molecular flexibility index (Phi) is 6.36. The first-order valence-electron chi connectivity index (χ1n) is 9.39. The number of fused-ring (bicyclic) bond motifs is 1. The largest absolute Gasteiger partial charge is 0.462 e. The molecular formula is C21H19N3O6S. The highest BCUT2D eigenvalue weighted by atomic mass is 32.1. The summed E-state index contributed by atoms with van der Waals surface area (Å²) in [6.07, 6.45) is -0.235. The van der Waals surface area contributed by atoms with Crippen LogP contribution in [0.2, 0.25) is 0 Å². The van der Waals surface area contributed by atoms with Gasteiger partial charge in [-0.25, -0.2) is 4.79 Å². The van der Waals surface area contributed by atoms with Gasteiger partial charge < -0.3 is 15.2 Å². The van der Waals surface area contributed by atoms with Gasteiger partial charge >= 0.3 is 11.9 Å². The summed E-state index contributed by atoms with van der Waals surface area (Å²) in [4.78, 5) is 50.3. The second-order valence-electron chi connectivity index (χ2n) is 6.70. The molecule has 0 atom stereocenters. The molecule has 0 radical (unpaired) electrons. The first-order valence-corrected chi connectivity index (χ1v) is 10.2. The van der Waals surface area contributed by atoms with Crippen LogP contribution in [0.15, 0.2) is 18.2 Å². The lowest BCUT2D eigenvalue weighted by atomic mass is 10.1. The molecule has 2 N–H and O–H groups in total. The zero-order valence-electron chi connectivity index (χ0n) is 16.9. The molecule has 1 aliphatic heterocycles. The van der Waals surface area contributed by atoms with E-state index in [2.05, 4.69) is 0 Å². The number of carbonyl (C=O) groups is 4. The molecule has 2 heterocycles. The Bertz CT molecular complexity index is 1130. The van der Waals surface area contributed by atoms with Crippen LogP contribution in [0.3, 0.4) is 0 Å². The van der Waals surface area contributed by atoms with Crippen LogP contribution in [0.25, 0.3) is 0 Å². The number of imide groups is 1. The Balaban J connectivity index is 1.64. The lowest BCUT2D eigenvalue weighted by Crippen LogP contribution is -2.32. The first-order chi connectivity index (χ1) is 14.8. The van der Waals surface area contributed by atoms with E-state index in [-0.39, 0.29) is 47.2 Å². The molecule has 0 aliphatic carbocycles. The molecule has 0 fully saturated rings. The number of carbonyl (C=O) groups excluding carboxylic acids is 4. The van der Waals surface area contributed by atoms with Crippen LogP contribution >= 0.6 is 11.3 Å². The van der Waals surface area contributed by atoms with Crippen molar-refractivity contribution >= 4 is 40.1 Å². The van der Waals surface area contributed by atoms with Gasteiger partial charge in [-0.15, -0.1) is 11.3 Å². The van der Waals surface area contributed by atoms with Crippen LogP contribution in [-0.2, 0) is 20.9 Å². The van der Waals surface area contributed by atoms with E-state index in [0.29, 0.717) is 11.1 Å². The summed E-state index contributed by atoms with van der Waals surface area (Å²) in [5, 5.41) is 9.43. The lowest BCUT2D eigenvalue weighted by Gasteiger charge is -2.13. The summed E-state index contributed by atoms with van der Waals surface area (Å²) in [6, 6.07) is 6.86. The molecule has 0 unspecified atom stereocenters. The molecule has 31 heavy (non-hydrogen) atoms. The number of benzene rings is 1. The molecule has 0 bridgehead atoms. The van der Waals surface area contributed by atoms with Crippen LogP contribution in [0.4, 0.5) is 5.00 Å². The summed E-state index contributed by atoms with van der Waals surface area (Å²) < 4.78 is 10.1. The summed E-state index contributed by atoms with van der Waals surface area (Å²) in [6.45, 7) is 3.09. The molecular weight excluding hydrogens is 422 g/mol. The van der Waals surface area contributed by atoms with E-state index in [1.807, 2.05) is 13.0 Å². The minimum Gasteiger partial charge on any atom is -0.462 e. The number of thiophene rings is 1. The maximum absolute atomic E-state index is 12.5. The van der Waals surface area contributed by atoms with Crippen molar-refractivity contribution in [2.75, 3.05) is 18.9 Å². The number of esters is 2. The smallest absolute Gasteiger partial charge is 0.348 e. The van der Waals surface area contributed by atoms with Gasteiger partial charge in [-0.05, 0) is 26.0 Å². The fourth-order valence-corrected chi connectivity index (χ4v) is 4.06. The van der Waals surface area contributed by atoms with Gasteiger partial charge in [-0.1, -0.05) is 11.6 Å². The maximum atomic E-state index is 12.5. The molecule has 0 spiro atoms. The van der Waals surface area contributed by atoms with Crippen molar-refractivity contribution in [2.45, 2.75) is 26.9 Å². The van der Waals surface area contributed by atoms with E-state index in [9.17, 15) is 24.4 Å². The number of nitriles is 1. The highest BCUT2D eigenvalue weighted by molar-refractivity contribution is 7.18. The van der Waals surface area contributed by atoms with E-state index in [1.54, 1.807) is 25.1 Å². The molecule has 0 saturated carbocycles. The molecule has 1 aromatic carbocycles. The Labute approximate surface area is 182 Å². The molecule has 1 aromatic heterocycles. The van der Waals surface area contributed by atoms with Gasteiger partial charge in [-0.3, -0.25) is 19.3 Å². The predicted molar refractivity (Wildman–Crippen MR) is 110 cm³/mol. The molecule has 1 aliphatic rings. The third-order valence-corrected chi connectivity index (χ3v) is 5.69. The molecule has 0 saturated heterocycles. The number of hydrogen-bond donors (Lipinski definition) is 1.